The predicted octanol–water partition coefficient (Wildman–Crippen LogP) is 6.89. The van der Waals surface area contributed by atoms with Crippen molar-refractivity contribution in [1.29, 1.82) is 0 Å². The summed E-state index contributed by atoms with van der Waals surface area (Å²) < 4.78 is 11.5. The van der Waals surface area contributed by atoms with Gasteiger partial charge in [-0.05, 0) is 105 Å². The fraction of sp³-hybridized carbons (Fsp3) is 0.467. The van der Waals surface area contributed by atoms with Crippen molar-refractivity contribution in [3.63, 3.8) is 0 Å². The first kappa shape index (κ1) is 40.2. The van der Waals surface area contributed by atoms with Crippen LogP contribution in [0, 0.1) is 18.8 Å². The van der Waals surface area contributed by atoms with Crippen LogP contribution in [-0.4, -0.2) is 87.0 Å². The van der Waals surface area contributed by atoms with E-state index in [1.165, 1.54) is 11.1 Å². The molecule has 55 heavy (non-hydrogen) atoms. The van der Waals surface area contributed by atoms with Crippen molar-refractivity contribution >= 4 is 22.6 Å². The standard InChI is InChI=1S/C45H58N4O6/c1-32-15-16-34(30-49-23-9-12-37(31-49)47-36-18-22-41-35(27-36)29-46-48-41)26-44(32)54-24-25-55-45(53)14-8-3-2-7-13-39-40(43(52)28-42(39)51)21-20-38(50)19-17-33-10-5-4-6-11-33/h2,4-7,10-11,15-16,18,20-22,26-27,29,37-40,42-43,47,50-52H,3,8-9,12-14,17,19,23-25,28,30-31H2,1H3,(H,46,48)/t37?,38?,39-,40-,42+,43-/m1/s1. The molecule has 2 unspecified atom stereocenters. The van der Waals surface area contributed by atoms with E-state index < -0.39 is 18.3 Å². The molecule has 0 amide bonds. The minimum absolute atomic E-state index is 0.118. The summed E-state index contributed by atoms with van der Waals surface area (Å²) in [4.78, 5) is 14.9. The summed E-state index contributed by atoms with van der Waals surface area (Å²) >= 11 is 0. The van der Waals surface area contributed by atoms with Gasteiger partial charge in [0.2, 0.25) is 0 Å². The molecule has 1 aromatic heterocycles. The van der Waals surface area contributed by atoms with E-state index in [0.29, 0.717) is 44.8 Å². The molecule has 0 spiro atoms. The fourth-order valence-corrected chi connectivity index (χ4v) is 7.87. The number of aliphatic hydroxyl groups is 3. The molecule has 2 heterocycles. The van der Waals surface area contributed by atoms with Crippen LogP contribution in [0.1, 0.15) is 68.1 Å². The average molecular weight is 751 g/mol. The number of likely N-dealkylation sites (tertiary alicyclic amines) is 1. The van der Waals surface area contributed by atoms with Crippen LogP contribution >= 0.6 is 0 Å². The third-order valence-corrected chi connectivity index (χ3v) is 10.9. The number of ether oxygens (including phenoxy) is 2. The molecule has 1 saturated carbocycles. The summed E-state index contributed by atoms with van der Waals surface area (Å²) in [7, 11) is 0. The zero-order chi connectivity index (χ0) is 38.4. The Morgan fingerprint density at radius 3 is 2.80 bits per heavy atom. The SMILES string of the molecule is Cc1ccc(CN2CCCC(Nc3ccc4[nH]ncc4c3)C2)cc1OCCOC(=O)CCCC=CC[C@@H]1[C@@H](C=CC(O)CCc2ccccc2)[C@H](O)C[C@@H]1O. The van der Waals surface area contributed by atoms with Crippen molar-refractivity contribution in [3.8, 4) is 5.75 Å². The van der Waals surface area contributed by atoms with Crippen LogP contribution in [0.4, 0.5) is 5.69 Å². The van der Waals surface area contributed by atoms with Gasteiger partial charge in [-0.1, -0.05) is 66.8 Å². The van der Waals surface area contributed by atoms with Crippen molar-refractivity contribution in [2.75, 3.05) is 31.6 Å². The smallest absolute Gasteiger partial charge is 0.305 e. The second-order valence-electron chi connectivity index (χ2n) is 15.2. The van der Waals surface area contributed by atoms with Gasteiger partial charge in [-0.15, -0.1) is 0 Å². The molecule has 2 aliphatic rings. The Morgan fingerprint density at radius 2 is 1.93 bits per heavy atom. The first-order valence-corrected chi connectivity index (χ1v) is 20.0. The number of H-pyrrole nitrogens is 1. The summed E-state index contributed by atoms with van der Waals surface area (Å²) in [5.74, 6) is 0.240. The molecular formula is C45H58N4O6. The monoisotopic (exact) mass is 750 g/mol. The molecule has 10 nitrogen and oxygen atoms in total. The number of aromatic amines is 1. The first-order valence-electron chi connectivity index (χ1n) is 20.0. The normalized spacial score (nSPS) is 22.4. The van der Waals surface area contributed by atoms with Crippen molar-refractivity contribution in [1.82, 2.24) is 15.1 Å². The molecule has 0 radical (unpaired) electrons. The van der Waals surface area contributed by atoms with Crippen molar-refractivity contribution < 1.29 is 29.6 Å². The van der Waals surface area contributed by atoms with Gasteiger partial charge in [-0.25, -0.2) is 0 Å². The van der Waals surface area contributed by atoms with Gasteiger partial charge in [0.15, 0.2) is 0 Å². The van der Waals surface area contributed by atoms with Crippen LogP contribution in [0.3, 0.4) is 0 Å². The van der Waals surface area contributed by atoms with Gasteiger partial charge in [0.1, 0.15) is 19.0 Å². The highest BCUT2D eigenvalue weighted by Crippen LogP contribution is 2.36. The number of nitrogens with one attached hydrogen (secondary N) is 2. The van der Waals surface area contributed by atoms with E-state index in [-0.39, 0.29) is 24.4 Å². The summed E-state index contributed by atoms with van der Waals surface area (Å²) in [6.07, 6.45) is 14.0. The number of carbonyl (C=O) groups excluding carboxylic acids is 1. The number of hydrogen-bond acceptors (Lipinski definition) is 9. The lowest BCUT2D eigenvalue weighted by Gasteiger charge is -2.33. The van der Waals surface area contributed by atoms with E-state index in [0.717, 1.165) is 73.2 Å². The van der Waals surface area contributed by atoms with E-state index in [9.17, 15) is 20.1 Å². The predicted molar refractivity (Wildman–Crippen MR) is 217 cm³/mol. The minimum Gasteiger partial charge on any atom is -0.490 e. The molecule has 4 aromatic rings. The molecule has 0 bridgehead atoms. The molecule has 5 N–H and O–H groups in total. The number of aromatic nitrogens is 2. The molecule has 1 saturated heterocycles. The summed E-state index contributed by atoms with van der Waals surface area (Å²) in [5, 5.41) is 43.6. The molecule has 6 atom stereocenters. The molecule has 10 heteroatoms. The number of fused-ring (bicyclic) bond motifs is 1. The number of aliphatic hydroxyl groups excluding tert-OH is 3. The Hall–Kier alpha value is -4.48. The quantitative estimate of drug-likeness (QED) is 0.0394. The van der Waals surface area contributed by atoms with Crippen LogP contribution in [0.5, 0.6) is 5.75 Å². The number of carbonyl (C=O) groups is 1. The number of esters is 1. The summed E-state index contributed by atoms with van der Waals surface area (Å²) in [6.45, 7) is 5.39. The average Bonchev–Trinajstić information content (AvgIpc) is 3.76. The van der Waals surface area contributed by atoms with E-state index in [1.807, 2.05) is 61.7 Å². The lowest BCUT2D eigenvalue weighted by molar-refractivity contribution is -0.144. The Labute approximate surface area is 325 Å². The van der Waals surface area contributed by atoms with Gasteiger partial charge in [-0.2, -0.15) is 5.10 Å². The Balaban J connectivity index is 0.850. The number of aryl methyl sites for hydroxylation is 2. The van der Waals surface area contributed by atoms with Crippen molar-refractivity contribution in [2.45, 2.75) is 95.6 Å². The number of nitrogens with zero attached hydrogens (tertiary/aromatic N) is 2. The number of hydrogen-bond donors (Lipinski definition) is 5. The van der Waals surface area contributed by atoms with Crippen LogP contribution in [0.15, 0.2) is 97.2 Å². The van der Waals surface area contributed by atoms with E-state index in [1.54, 1.807) is 6.08 Å². The van der Waals surface area contributed by atoms with Crippen LogP contribution in [0.2, 0.25) is 0 Å². The Kier molecular flexibility index (Phi) is 14.9. The van der Waals surface area contributed by atoms with Gasteiger partial charge >= 0.3 is 5.97 Å². The fourth-order valence-electron chi connectivity index (χ4n) is 7.87. The second kappa shape index (κ2) is 20.4. The molecule has 1 aliphatic carbocycles. The highest BCUT2D eigenvalue weighted by Gasteiger charge is 2.39. The highest BCUT2D eigenvalue weighted by atomic mass is 16.6. The summed E-state index contributed by atoms with van der Waals surface area (Å²) in [6, 6.07) is 23.1. The summed E-state index contributed by atoms with van der Waals surface area (Å²) in [5.41, 5.74) is 5.59. The van der Waals surface area contributed by atoms with Gasteiger partial charge in [-0.3, -0.25) is 14.8 Å². The third-order valence-electron chi connectivity index (χ3n) is 10.9. The lowest BCUT2D eigenvalue weighted by Crippen LogP contribution is -2.41. The molecule has 1 aliphatic heterocycles. The zero-order valence-electron chi connectivity index (χ0n) is 32.1. The van der Waals surface area contributed by atoms with Gasteiger partial charge in [0.25, 0.3) is 0 Å². The van der Waals surface area contributed by atoms with E-state index in [4.69, 9.17) is 9.47 Å². The Morgan fingerprint density at radius 1 is 1.05 bits per heavy atom. The maximum atomic E-state index is 12.4. The topological polar surface area (TPSA) is 140 Å². The van der Waals surface area contributed by atoms with Crippen molar-refractivity contribution in [3.05, 3.63) is 114 Å². The number of piperidine rings is 1. The number of anilines is 1. The molecule has 294 valence electrons. The first-order chi connectivity index (χ1) is 26.8. The number of rotatable bonds is 19. The number of unbranched alkanes of at least 4 members (excludes halogenated alkanes) is 1. The lowest BCUT2D eigenvalue weighted by atomic mass is 9.89. The molecule has 2 fully saturated rings. The van der Waals surface area contributed by atoms with Crippen LogP contribution in [0.25, 0.3) is 10.9 Å². The zero-order valence-corrected chi connectivity index (χ0v) is 32.1. The molecule has 6 rings (SSSR count). The maximum Gasteiger partial charge on any atom is 0.305 e. The van der Waals surface area contributed by atoms with Gasteiger partial charge in [0.05, 0.1) is 30.0 Å². The second-order valence-corrected chi connectivity index (χ2v) is 15.2. The third kappa shape index (κ3) is 12.3. The molecular weight excluding hydrogens is 693 g/mol. The molecule has 3 aromatic carbocycles. The largest absolute Gasteiger partial charge is 0.490 e. The maximum absolute atomic E-state index is 12.4. The van der Waals surface area contributed by atoms with E-state index in [2.05, 4.69) is 56.8 Å². The van der Waals surface area contributed by atoms with Crippen LogP contribution < -0.4 is 10.1 Å². The van der Waals surface area contributed by atoms with Gasteiger partial charge in [0, 0.05) is 49.0 Å². The van der Waals surface area contributed by atoms with E-state index >= 15 is 0 Å². The Bertz CT molecular complexity index is 1840. The highest BCUT2D eigenvalue weighted by molar-refractivity contribution is 5.81. The van der Waals surface area contributed by atoms with Crippen LogP contribution in [-0.2, 0) is 22.5 Å². The minimum atomic E-state index is -0.635. The van der Waals surface area contributed by atoms with Gasteiger partial charge < -0.3 is 30.1 Å². The number of allylic oxidation sites excluding steroid dienone is 2. The van der Waals surface area contributed by atoms with Crippen molar-refractivity contribution in [2.24, 2.45) is 11.8 Å². The number of benzene rings is 3.